The molecule has 11 rings (SSSR count). The van der Waals surface area contributed by atoms with Crippen molar-refractivity contribution in [3.63, 3.8) is 0 Å². The van der Waals surface area contributed by atoms with Gasteiger partial charge in [0.15, 0.2) is 17.5 Å². The van der Waals surface area contributed by atoms with Gasteiger partial charge in [0, 0.05) is 21.9 Å². The maximum atomic E-state index is 5.36. The van der Waals surface area contributed by atoms with Crippen LogP contribution in [0.2, 0.25) is 0 Å². The van der Waals surface area contributed by atoms with Gasteiger partial charge in [0.25, 0.3) is 0 Å². The lowest BCUT2D eigenvalue weighted by Gasteiger charge is -2.13. The first-order valence-corrected chi connectivity index (χ1v) is 19.8. The number of hydrogen-bond donors (Lipinski definition) is 0. The second kappa shape index (κ2) is 14.5. The first-order valence-electron chi connectivity index (χ1n) is 19.8. The first kappa shape index (κ1) is 34.2. The molecule has 0 radical (unpaired) electrons. The molecule has 0 amide bonds. The van der Waals surface area contributed by atoms with Gasteiger partial charge in [-0.05, 0) is 86.6 Å². The number of fused-ring (bicyclic) bond motifs is 5. The lowest BCUT2D eigenvalue weighted by Crippen LogP contribution is -2.03. The van der Waals surface area contributed by atoms with E-state index in [1.54, 1.807) is 0 Å². The Morgan fingerprint density at radius 2 is 0.814 bits per heavy atom. The van der Waals surface area contributed by atoms with Crippen molar-refractivity contribution in [1.29, 1.82) is 0 Å². The maximum absolute atomic E-state index is 5.36. The third kappa shape index (κ3) is 6.32. The highest BCUT2D eigenvalue weighted by molar-refractivity contribution is 6.21. The van der Waals surface area contributed by atoms with E-state index in [0.717, 1.165) is 44.5 Å². The van der Waals surface area contributed by atoms with E-state index in [1.165, 1.54) is 38.4 Å². The fourth-order valence-electron chi connectivity index (χ4n) is 8.20. The van der Waals surface area contributed by atoms with Crippen molar-refractivity contribution >= 4 is 32.6 Å². The van der Waals surface area contributed by atoms with Gasteiger partial charge in [-0.1, -0.05) is 170 Å². The van der Waals surface area contributed by atoms with Crippen LogP contribution in [0.1, 0.15) is 0 Å². The Bertz CT molecular complexity index is 3190. The van der Waals surface area contributed by atoms with Gasteiger partial charge in [-0.2, -0.15) is 0 Å². The zero-order valence-corrected chi connectivity index (χ0v) is 31.9. The SMILES string of the molecule is c1ccc(-c2cc(-c3ccccc3)cc(-c3ccc4c5c6ccccc6ccc5n(-c5cccc(-c6nc(-c7ccccc7)nc(-c7ccccc7)n6)n5)c4c3)c2)cc1. The van der Waals surface area contributed by atoms with Crippen LogP contribution in [-0.2, 0) is 0 Å². The van der Waals surface area contributed by atoms with Gasteiger partial charge >= 0.3 is 0 Å². The van der Waals surface area contributed by atoms with Crippen molar-refractivity contribution in [1.82, 2.24) is 24.5 Å². The van der Waals surface area contributed by atoms with Crippen LogP contribution < -0.4 is 0 Å². The highest BCUT2D eigenvalue weighted by Gasteiger charge is 2.19. The number of hydrogen-bond acceptors (Lipinski definition) is 4. The van der Waals surface area contributed by atoms with Crippen LogP contribution in [0.25, 0.3) is 106 Å². The molecule has 0 bridgehead atoms. The Labute approximate surface area is 341 Å². The third-order valence-electron chi connectivity index (χ3n) is 11.0. The normalized spacial score (nSPS) is 11.4. The quantitative estimate of drug-likeness (QED) is 0.163. The molecule has 11 aromatic rings. The molecule has 5 heteroatoms. The van der Waals surface area contributed by atoms with Gasteiger partial charge in [-0.3, -0.25) is 4.57 Å². The highest BCUT2D eigenvalue weighted by Crippen LogP contribution is 2.40. The molecule has 0 aliphatic carbocycles. The molecule has 276 valence electrons. The monoisotopic (exact) mass is 753 g/mol. The van der Waals surface area contributed by atoms with Gasteiger partial charge in [0.1, 0.15) is 11.5 Å². The van der Waals surface area contributed by atoms with Crippen molar-refractivity contribution < 1.29 is 0 Å². The molecule has 0 N–H and O–H groups in total. The Hall–Kier alpha value is -8.02. The summed E-state index contributed by atoms with van der Waals surface area (Å²) in [5.41, 5.74) is 11.6. The predicted molar refractivity (Wildman–Crippen MR) is 242 cm³/mol. The van der Waals surface area contributed by atoms with Crippen LogP contribution in [0.3, 0.4) is 0 Å². The Morgan fingerprint density at radius 1 is 0.288 bits per heavy atom. The summed E-state index contributed by atoms with van der Waals surface area (Å²) in [6.45, 7) is 0. The smallest absolute Gasteiger partial charge is 0.182 e. The molecule has 0 atom stereocenters. The molecular weight excluding hydrogens is 719 g/mol. The average Bonchev–Trinajstić information content (AvgIpc) is 3.67. The Kier molecular flexibility index (Phi) is 8.41. The molecule has 5 nitrogen and oxygen atoms in total. The number of benzene rings is 8. The van der Waals surface area contributed by atoms with Crippen molar-refractivity contribution in [2.75, 3.05) is 0 Å². The summed E-state index contributed by atoms with van der Waals surface area (Å²) in [5.74, 6) is 2.49. The molecule has 59 heavy (non-hydrogen) atoms. The van der Waals surface area contributed by atoms with Gasteiger partial charge in [0.2, 0.25) is 0 Å². The topological polar surface area (TPSA) is 56.5 Å². The Morgan fingerprint density at radius 3 is 1.42 bits per heavy atom. The summed E-state index contributed by atoms with van der Waals surface area (Å²) < 4.78 is 2.29. The van der Waals surface area contributed by atoms with E-state index in [0.29, 0.717) is 23.2 Å². The minimum Gasteiger partial charge on any atom is -0.294 e. The van der Waals surface area contributed by atoms with Crippen LogP contribution in [0, 0.1) is 0 Å². The van der Waals surface area contributed by atoms with Crippen molar-refractivity contribution in [3.05, 3.63) is 212 Å². The molecule has 3 aromatic heterocycles. The van der Waals surface area contributed by atoms with E-state index in [-0.39, 0.29) is 0 Å². The van der Waals surface area contributed by atoms with E-state index >= 15 is 0 Å². The standard InChI is InChI=1S/C54H35N5/c1-5-16-36(17-6-1)42-32-43(37-18-7-2-8-19-37)34-44(33-42)41-28-30-46-49(35-41)59(48-31-29-38-20-13-14-25-45(38)51(46)48)50-27-15-26-47(55-50)54-57-52(39-21-9-3-10-22-39)56-53(58-54)40-23-11-4-12-24-40/h1-35H. The van der Waals surface area contributed by atoms with Crippen molar-refractivity contribution in [2.45, 2.75) is 0 Å². The minimum atomic E-state index is 0.512. The van der Waals surface area contributed by atoms with E-state index in [9.17, 15) is 0 Å². The number of rotatable bonds is 7. The summed E-state index contributed by atoms with van der Waals surface area (Å²) in [4.78, 5) is 20.3. The summed E-state index contributed by atoms with van der Waals surface area (Å²) in [6.07, 6.45) is 0. The van der Waals surface area contributed by atoms with Gasteiger partial charge in [-0.15, -0.1) is 0 Å². The van der Waals surface area contributed by atoms with Gasteiger partial charge in [-0.25, -0.2) is 19.9 Å². The highest BCUT2D eigenvalue weighted by atomic mass is 15.1. The predicted octanol–water partition coefficient (Wildman–Crippen LogP) is 13.5. The van der Waals surface area contributed by atoms with E-state index in [1.807, 2.05) is 72.8 Å². The van der Waals surface area contributed by atoms with Crippen LogP contribution in [0.4, 0.5) is 0 Å². The molecule has 0 aliphatic rings. The van der Waals surface area contributed by atoms with E-state index in [4.69, 9.17) is 19.9 Å². The Balaban J connectivity index is 1.13. The summed E-state index contributed by atoms with van der Waals surface area (Å²) in [5, 5.41) is 4.75. The number of pyridine rings is 1. The number of nitrogens with zero attached hydrogens (tertiary/aromatic N) is 5. The van der Waals surface area contributed by atoms with E-state index in [2.05, 4.69) is 144 Å². The van der Waals surface area contributed by atoms with Crippen molar-refractivity contribution in [2.24, 2.45) is 0 Å². The summed E-state index contributed by atoms with van der Waals surface area (Å²) >= 11 is 0. The fourth-order valence-corrected chi connectivity index (χ4v) is 8.20. The zero-order valence-electron chi connectivity index (χ0n) is 31.9. The molecule has 0 saturated heterocycles. The van der Waals surface area contributed by atoms with Crippen LogP contribution in [0.15, 0.2) is 212 Å². The molecule has 0 spiro atoms. The largest absolute Gasteiger partial charge is 0.294 e. The molecule has 0 unspecified atom stereocenters. The second-order valence-corrected chi connectivity index (χ2v) is 14.7. The maximum Gasteiger partial charge on any atom is 0.182 e. The molecule has 0 fully saturated rings. The third-order valence-corrected chi connectivity index (χ3v) is 11.0. The molecule has 8 aromatic carbocycles. The molecule has 0 aliphatic heterocycles. The lowest BCUT2D eigenvalue weighted by molar-refractivity contribution is 1.03. The number of aromatic nitrogens is 5. The van der Waals surface area contributed by atoms with Crippen LogP contribution in [-0.4, -0.2) is 24.5 Å². The lowest BCUT2D eigenvalue weighted by atomic mass is 9.93. The molecule has 3 heterocycles. The van der Waals surface area contributed by atoms with Gasteiger partial charge < -0.3 is 0 Å². The molecular formula is C54H35N5. The first-order chi connectivity index (χ1) is 29.2. The summed E-state index contributed by atoms with van der Waals surface area (Å²) in [7, 11) is 0. The zero-order chi connectivity index (χ0) is 39.1. The van der Waals surface area contributed by atoms with Gasteiger partial charge in [0.05, 0.1) is 11.0 Å². The molecule has 0 saturated carbocycles. The fraction of sp³-hybridized carbons (Fsp3) is 0. The minimum absolute atomic E-state index is 0.512. The second-order valence-electron chi connectivity index (χ2n) is 14.7. The van der Waals surface area contributed by atoms with Crippen LogP contribution >= 0.6 is 0 Å². The van der Waals surface area contributed by atoms with E-state index < -0.39 is 0 Å². The van der Waals surface area contributed by atoms with Crippen molar-refractivity contribution in [3.8, 4) is 73.5 Å². The van der Waals surface area contributed by atoms with Crippen LogP contribution in [0.5, 0.6) is 0 Å². The average molecular weight is 754 g/mol. The summed E-state index contributed by atoms with van der Waals surface area (Å²) in [6, 6.07) is 74.2.